The molecule has 0 radical (unpaired) electrons. The first-order valence-electron chi connectivity index (χ1n) is 6.06. The molecule has 0 aliphatic carbocycles. The van der Waals surface area contributed by atoms with Gasteiger partial charge in [0.2, 0.25) is 0 Å². The van der Waals surface area contributed by atoms with Crippen molar-refractivity contribution in [2.45, 2.75) is 25.9 Å². The average Bonchev–Trinajstić information content (AvgIpc) is 2.66. The first-order valence-corrected chi connectivity index (χ1v) is 6.06. The topological polar surface area (TPSA) is 44.1 Å². The average molecular weight is 246 g/mol. The minimum Gasteiger partial charge on any atom is -0.381 e. The van der Waals surface area contributed by atoms with Crippen LogP contribution in [-0.4, -0.2) is 28.5 Å². The molecule has 0 fully saturated rings. The number of benzene rings is 1. The molecule has 1 heterocycles. The summed E-state index contributed by atoms with van der Waals surface area (Å²) in [5, 5.41) is 0. The molecular formula is C14H18N2O2. The van der Waals surface area contributed by atoms with Crippen LogP contribution in [0.25, 0.3) is 11.0 Å². The van der Waals surface area contributed by atoms with E-state index in [4.69, 9.17) is 4.74 Å². The van der Waals surface area contributed by atoms with Crippen molar-refractivity contribution < 1.29 is 9.53 Å². The zero-order valence-corrected chi connectivity index (χ0v) is 11.0. The van der Waals surface area contributed by atoms with Crippen LogP contribution in [0.15, 0.2) is 24.3 Å². The van der Waals surface area contributed by atoms with E-state index < -0.39 is 0 Å². The van der Waals surface area contributed by atoms with Gasteiger partial charge >= 0.3 is 0 Å². The van der Waals surface area contributed by atoms with Gasteiger partial charge in [0, 0.05) is 20.6 Å². The molecule has 0 aliphatic rings. The molecule has 0 saturated heterocycles. The lowest BCUT2D eigenvalue weighted by Gasteiger charge is -2.07. The number of carbonyl (C=O) groups is 1. The summed E-state index contributed by atoms with van der Waals surface area (Å²) in [6, 6.07) is 7.89. The molecule has 1 atom stereocenters. The maximum absolute atomic E-state index is 11.9. The van der Waals surface area contributed by atoms with E-state index in [1.165, 1.54) is 0 Å². The highest BCUT2D eigenvalue weighted by Gasteiger charge is 2.13. The molecule has 4 heteroatoms. The number of carbonyl (C=O) groups excluding carboxylic acids is 1. The summed E-state index contributed by atoms with van der Waals surface area (Å²) in [5.74, 6) is 0.965. The van der Waals surface area contributed by atoms with Gasteiger partial charge in [0.15, 0.2) is 0 Å². The number of Topliss-reactive ketones (excluding diaryl/α,β-unsaturated/α-hetero) is 1. The molecule has 0 N–H and O–H groups in total. The van der Waals surface area contributed by atoms with Gasteiger partial charge in [-0.1, -0.05) is 12.1 Å². The molecule has 0 bridgehead atoms. The normalized spacial score (nSPS) is 12.8. The fourth-order valence-corrected chi connectivity index (χ4v) is 2.01. The van der Waals surface area contributed by atoms with Gasteiger partial charge in [-0.05, 0) is 19.1 Å². The lowest BCUT2D eigenvalue weighted by molar-refractivity contribution is -0.120. The second-order valence-corrected chi connectivity index (χ2v) is 4.54. The van der Waals surface area contributed by atoms with Crippen LogP contribution in [0.5, 0.6) is 0 Å². The van der Waals surface area contributed by atoms with E-state index in [0.29, 0.717) is 12.8 Å². The second-order valence-electron chi connectivity index (χ2n) is 4.54. The quantitative estimate of drug-likeness (QED) is 0.811. The summed E-state index contributed by atoms with van der Waals surface area (Å²) < 4.78 is 7.08. The smallest absolute Gasteiger partial charge is 0.142 e. The van der Waals surface area contributed by atoms with Gasteiger partial charge < -0.3 is 9.30 Å². The van der Waals surface area contributed by atoms with Crippen LogP contribution < -0.4 is 0 Å². The molecule has 4 nitrogen and oxygen atoms in total. The highest BCUT2D eigenvalue weighted by Crippen LogP contribution is 2.15. The number of aromatic nitrogens is 2. The zero-order valence-electron chi connectivity index (χ0n) is 11.0. The van der Waals surface area contributed by atoms with Crippen molar-refractivity contribution >= 4 is 16.8 Å². The number of ether oxygens (including phenoxy) is 1. The zero-order chi connectivity index (χ0) is 13.1. The lowest BCUT2D eigenvalue weighted by Crippen LogP contribution is -2.15. The predicted molar refractivity (Wildman–Crippen MR) is 70.5 cm³/mol. The third kappa shape index (κ3) is 2.59. The molecule has 2 rings (SSSR count). The third-order valence-corrected chi connectivity index (χ3v) is 3.15. The van der Waals surface area contributed by atoms with Crippen molar-refractivity contribution in [3.8, 4) is 0 Å². The van der Waals surface area contributed by atoms with Crippen LogP contribution in [0.4, 0.5) is 0 Å². The minimum absolute atomic E-state index is 0.0350. The van der Waals surface area contributed by atoms with Gasteiger partial charge in [-0.25, -0.2) is 4.98 Å². The molecular weight excluding hydrogens is 228 g/mol. The van der Waals surface area contributed by atoms with Crippen molar-refractivity contribution in [3.63, 3.8) is 0 Å². The number of imidazole rings is 1. The van der Waals surface area contributed by atoms with E-state index in [0.717, 1.165) is 16.9 Å². The van der Waals surface area contributed by atoms with Crippen LogP contribution in [0.1, 0.15) is 19.2 Å². The Bertz CT molecular complexity index is 560. The number of methoxy groups -OCH3 is 1. The number of ketones is 1. The van der Waals surface area contributed by atoms with Crippen molar-refractivity contribution in [1.82, 2.24) is 9.55 Å². The van der Waals surface area contributed by atoms with Crippen LogP contribution in [0, 0.1) is 0 Å². The van der Waals surface area contributed by atoms with Crippen LogP contribution in [0.3, 0.4) is 0 Å². The summed E-state index contributed by atoms with van der Waals surface area (Å²) in [7, 11) is 3.56. The van der Waals surface area contributed by atoms with E-state index in [-0.39, 0.29) is 11.9 Å². The van der Waals surface area contributed by atoms with E-state index in [1.54, 1.807) is 7.11 Å². The molecule has 0 saturated carbocycles. The first-order chi connectivity index (χ1) is 8.61. The minimum atomic E-state index is -0.0350. The van der Waals surface area contributed by atoms with Gasteiger partial charge in [-0.2, -0.15) is 0 Å². The second kappa shape index (κ2) is 5.31. The Kier molecular flexibility index (Phi) is 3.77. The fourth-order valence-electron chi connectivity index (χ4n) is 2.01. The molecule has 0 amide bonds. The third-order valence-electron chi connectivity index (χ3n) is 3.15. The number of para-hydroxylation sites is 2. The molecule has 1 unspecified atom stereocenters. The Morgan fingerprint density at radius 1 is 1.44 bits per heavy atom. The molecule has 1 aromatic carbocycles. The van der Waals surface area contributed by atoms with Crippen LogP contribution in [0.2, 0.25) is 0 Å². The first kappa shape index (κ1) is 12.8. The largest absolute Gasteiger partial charge is 0.381 e. The van der Waals surface area contributed by atoms with E-state index in [9.17, 15) is 4.79 Å². The van der Waals surface area contributed by atoms with E-state index in [1.807, 2.05) is 42.8 Å². The van der Waals surface area contributed by atoms with Crippen molar-refractivity contribution in [2.75, 3.05) is 7.11 Å². The highest BCUT2D eigenvalue weighted by molar-refractivity contribution is 5.82. The molecule has 1 aromatic heterocycles. The summed E-state index contributed by atoms with van der Waals surface area (Å²) in [6.07, 6.45) is 0.755. The lowest BCUT2D eigenvalue weighted by atomic mass is 10.1. The molecule has 18 heavy (non-hydrogen) atoms. The summed E-state index contributed by atoms with van der Waals surface area (Å²) >= 11 is 0. The number of rotatable bonds is 5. The maximum Gasteiger partial charge on any atom is 0.142 e. The number of hydrogen-bond acceptors (Lipinski definition) is 3. The highest BCUT2D eigenvalue weighted by atomic mass is 16.5. The monoisotopic (exact) mass is 246 g/mol. The molecule has 0 aliphatic heterocycles. The number of aryl methyl sites for hydroxylation is 1. The predicted octanol–water partition coefficient (Wildman–Crippen LogP) is 2.11. The molecule has 0 spiro atoms. The Hall–Kier alpha value is -1.68. The Labute approximate surface area is 107 Å². The fraction of sp³-hybridized carbons (Fsp3) is 0.429. The van der Waals surface area contributed by atoms with Crippen LogP contribution >= 0.6 is 0 Å². The molecule has 96 valence electrons. The van der Waals surface area contributed by atoms with Gasteiger partial charge in [0.05, 0.1) is 23.6 Å². The maximum atomic E-state index is 11.9. The van der Waals surface area contributed by atoms with Crippen LogP contribution in [-0.2, 0) is 23.0 Å². The number of fused-ring (bicyclic) bond motifs is 1. The van der Waals surface area contributed by atoms with Crippen molar-refractivity contribution in [1.29, 1.82) is 0 Å². The van der Waals surface area contributed by atoms with Gasteiger partial charge in [0.25, 0.3) is 0 Å². The molecule has 2 aromatic rings. The summed E-state index contributed by atoms with van der Waals surface area (Å²) in [4.78, 5) is 16.4. The Balaban J connectivity index is 2.17. The number of nitrogens with zero attached hydrogens (tertiary/aromatic N) is 2. The number of hydrogen-bond donors (Lipinski definition) is 0. The van der Waals surface area contributed by atoms with E-state index >= 15 is 0 Å². The van der Waals surface area contributed by atoms with E-state index in [2.05, 4.69) is 4.98 Å². The van der Waals surface area contributed by atoms with Gasteiger partial charge in [-0.3, -0.25) is 4.79 Å². The SMILES string of the molecule is COC(C)CC(=O)Cc1nc2ccccc2n1C. The Morgan fingerprint density at radius 2 is 2.17 bits per heavy atom. The van der Waals surface area contributed by atoms with Gasteiger partial charge in [-0.15, -0.1) is 0 Å². The standard InChI is InChI=1S/C14H18N2O2/c1-10(18-3)8-11(17)9-14-15-12-6-4-5-7-13(12)16(14)2/h4-7,10H,8-9H2,1-3H3. The summed E-state index contributed by atoms with van der Waals surface area (Å²) in [5.41, 5.74) is 1.99. The van der Waals surface area contributed by atoms with Crippen molar-refractivity contribution in [2.24, 2.45) is 7.05 Å². The van der Waals surface area contributed by atoms with Gasteiger partial charge in [0.1, 0.15) is 11.6 Å². The Morgan fingerprint density at radius 3 is 2.83 bits per heavy atom. The van der Waals surface area contributed by atoms with Crippen molar-refractivity contribution in [3.05, 3.63) is 30.1 Å². The summed E-state index contributed by atoms with van der Waals surface area (Å²) in [6.45, 7) is 1.90.